The van der Waals surface area contributed by atoms with Gasteiger partial charge in [0.25, 0.3) is 0 Å². The summed E-state index contributed by atoms with van der Waals surface area (Å²) in [5.74, 6) is 2.74. The summed E-state index contributed by atoms with van der Waals surface area (Å²) in [5.41, 5.74) is 7.88. The maximum Gasteiger partial charge on any atom is 0.193 e. The van der Waals surface area contributed by atoms with Crippen molar-refractivity contribution in [1.82, 2.24) is 4.98 Å². The largest absolute Gasteiger partial charge is 0.457 e. The van der Waals surface area contributed by atoms with E-state index in [0.29, 0.717) is 12.5 Å². The molecule has 0 saturated carbocycles. The number of anilines is 2. The van der Waals surface area contributed by atoms with Gasteiger partial charge in [0.2, 0.25) is 0 Å². The molecule has 0 saturated heterocycles. The van der Waals surface area contributed by atoms with Gasteiger partial charge in [0, 0.05) is 32.0 Å². The minimum atomic E-state index is 0.343. The van der Waals surface area contributed by atoms with E-state index in [4.69, 9.17) is 10.5 Å². The maximum atomic E-state index is 6.03. The lowest BCUT2D eigenvalue weighted by Crippen LogP contribution is -2.22. The summed E-state index contributed by atoms with van der Waals surface area (Å²) in [6.07, 6.45) is 1.77. The fourth-order valence-corrected chi connectivity index (χ4v) is 2.43. The molecule has 3 aromatic rings. The van der Waals surface area contributed by atoms with Crippen LogP contribution in [0.15, 0.2) is 77.9 Å². The zero-order valence-electron chi connectivity index (χ0n) is 15.5. The zero-order valence-corrected chi connectivity index (χ0v) is 15.5. The van der Waals surface area contributed by atoms with E-state index in [1.807, 2.05) is 85.7 Å². The molecule has 0 amide bonds. The van der Waals surface area contributed by atoms with Crippen molar-refractivity contribution < 1.29 is 4.74 Å². The topological polar surface area (TPSA) is 75.8 Å². The Labute approximate surface area is 159 Å². The Hall–Kier alpha value is -3.54. The van der Waals surface area contributed by atoms with E-state index in [2.05, 4.69) is 15.3 Å². The Kier molecular flexibility index (Phi) is 5.89. The van der Waals surface area contributed by atoms with Gasteiger partial charge in [-0.15, -0.1) is 0 Å². The van der Waals surface area contributed by atoms with E-state index < -0.39 is 0 Å². The van der Waals surface area contributed by atoms with Crippen LogP contribution in [0.2, 0.25) is 0 Å². The molecular weight excluding hydrogens is 338 g/mol. The number of hydrogen-bond donors (Lipinski definition) is 2. The fourth-order valence-electron chi connectivity index (χ4n) is 2.43. The molecule has 1 heterocycles. The van der Waals surface area contributed by atoms with Crippen molar-refractivity contribution in [3.05, 3.63) is 78.5 Å². The first-order valence-corrected chi connectivity index (χ1v) is 8.62. The molecule has 6 heteroatoms. The van der Waals surface area contributed by atoms with Gasteiger partial charge in [-0.1, -0.05) is 24.3 Å². The van der Waals surface area contributed by atoms with Crippen LogP contribution in [-0.4, -0.2) is 25.0 Å². The van der Waals surface area contributed by atoms with Crippen LogP contribution >= 0.6 is 0 Å². The number of para-hydroxylation sites is 1. The van der Waals surface area contributed by atoms with E-state index >= 15 is 0 Å². The number of rotatable bonds is 6. The summed E-state index contributed by atoms with van der Waals surface area (Å²) in [6, 6.07) is 21.1. The zero-order chi connectivity index (χ0) is 19.1. The molecule has 0 bridgehead atoms. The highest BCUT2D eigenvalue weighted by Crippen LogP contribution is 2.23. The second-order valence-corrected chi connectivity index (χ2v) is 6.19. The summed E-state index contributed by atoms with van der Waals surface area (Å²) in [7, 11) is 3.91. The Morgan fingerprint density at radius 1 is 1.04 bits per heavy atom. The molecule has 0 unspecified atom stereocenters. The highest BCUT2D eigenvalue weighted by atomic mass is 16.5. The van der Waals surface area contributed by atoms with Gasteiger partial charge in [-0.25, -0.2) is 9.98 Å². The van der Waals surface area contributed by atoms with Crippen molar-refractivity contribution in [3.63, 3.8) is 0 Å². The predicted molar refractivity (Wildman–Crippen MR) is 110 cm³/mol. The summed E-state index contributed by atoms with van der Waals surface area (Å²) >= 11 is 0. The van der Waals surface area contributed by atoms with Crippen molar-refractivity contribution in [2.24, 2.45) is 10.7 Å². The van der Waals surface area contributed by atoms with E-state index in [0.717, 1.165) is 28.6 Å². The maximum absolute atomic E-state index is 6.03. The smallest absolute Gasteiger partial charge is 0.193 e. The number of nitrogens with one attached hydrogen (secondary N) is 1. The van der Waals surface area contributed by atoms with Crippen molar-refractivity contribution >= 4 is 17.5 Å². The molecular formula is C21H23N5O. The molecule has 27 heavy (non-hydrogen) atoms. The second-order valence-electron chi connectivity index (χ2n) is 6.19. The quantitative estimate of drug-likeness (QED) is 0.515. The first kappa shape index (κ1) is 18.3. The molecule has 3 rings (SSSR count). The SMILES string of the molecule is CN(C)c1cc(CN=C(N)Nc2cccc(Oc3ccccc3)c2)ccn1. The van der Waals surface area contributed by atoms with Gasteiger partial charge in [0.1, 0.15) is 17.3 Å². The fraction of sp³-hybridized carbons (Fsp3) is 0.143. The second kappa shape index (κ2) is 8.71. The average molecular weight is 361 g/mol. The van der Waals surface area contributed by atoms with Crippen molar-refractivity contribution in [1.29, 1.82) is 0 Å². The van der Waals surface area contributed by atoms with Crippen LogP contribution < -0.4 is 20.7 Å². The molecule has 2 aromatic carbocycles. The van der Waals surface area contributed by atoms with Gasteiger partial charge < -0.3 is 20.7 Å². The molecule has 0 aliphatic rings. The molecule has 3 N–H and O–H groups in total. The van der Waals surface area contributed by atoms with Crippen LogP contribution in [0.5, 0.6) is 11.5 Å². The molecule has 0 aliphatic carbocycles. The van der Waals surface area contributed by atoms with Crippen molar-refractivity contribution in [2.75, 3.05) is 24.3 Å². The lowest BCUT2D eigenvalue weighted by Gasteiger charge is -2.12. The highest BCUT2D eigenvalue weighted by Gasteiger charge is 2.02. The monoisotopic (exact) mass is 361 g/mol. The van der Waals surface area contributed by atoms with Crippen LogP contribution in [-0.2, 0) is 6.54 Å². The highest BCUT2D eigenvalue weighted by molar-refractivity contribution is 5.92. The van der Waals surface area contributed by atoms with Crippen LogP contribution in [0.25, 0.3) is 0 Å². The number of aromatic nitrogens is 1. The third-order valence-electron chi connectivity index (χ3n) is 3.79. The number of nitrogens with zero attached hydrogens (tertiary/aromatic N) is 3. The number of guanidine groups is 1. The van der Waals surface area contributed by atoms with E-state index in [9.17, 15) is 0 Å². The van der Waals surface area contributed by atoms with Gasteiger partial charge in [-0.2, -0.15) is 0 Å². The first-order valence-electron chi connectivity index (χ1n) is 8.62. The summed E-state index contributed by atoms with van der Waals surface area (Å²) < 4.78 is 5.83. The Morgan fingerprint density at radius 3 is 2.59 bits per heavy atom. The summed E-state index contributed by atoms with van der Waals surface area (Å²) in [4.78, 5) is 10.6. The van der Waals surface area contributed by atoms with Gasteiger partial charge >= 0.3 is 0 Å². The lowest BCUT2D eigenvalue weighted by molar-refractivity contribution is 0.483. The van der Waals surface area contributed by atoms with Gasteiger partial charge in [-0.3, -0.25) is 0 Å². The third-order valence-corrected chi connectivity index (χ3v) is 3.79. The molecule has 0 aliphatic heterocycles. The number of pyridine rings is 1. The molecule has 1 aromatic heterocycles. The minimum Gasteiger partial charge on any atom is -0.457 e. The van der Waals surface area contributed by atoms with Gasteiger partial charge in [0.15, 0.2) is 5.96 Å². The van der Waals surface area contributed by atoms with E-state index in [1.165, 1.54) is 0 Å². The van der Waals surface area contributed by atoms with Crippen LogP contribution in [0.4, 0.5) is 11.5 Å². The number of ether oxygens (including phenoxy) is 1. The van der Waals surface area contributed by atoms with Crippen LogP contribution in [0.1, 0.15) is 5.56 Å². The molecule has 0 fully saturated rings. The number of nitrogens with two attached hydrogens (primary N) is 1. The van der Waals surface area contributed by atoms with Crippen LogP contribution in [0, 0.1) is 0 Å². The number of aliphatic imine (C=N–C) groups is 1. The first-order chi connectivity index (χ1) is 13.1. The van der Waals surface area contributed by atoms with E-state index in [-0.39, 0.29) is 0 Å². The average Bonchev–Trinajstić information content (AvgIpc) is 2.68. The summed E-state index contributed by atoms with van der Waals surface area (Å²) in [6.45, 7) is 0.475. The summed E-state index contributed by atoms with van der Waals surface area (Å²) in [5, 5.41) is 3.10. The molecule has 0 atom stereocenters. The van der Waals surface area contributed by atoms with Gasteiger partial charge in [0.05, 0.1) is 6.54 Å². The van der Waals surface area contributed by atoms with Gasteiger partial charge in [-0.05, 0) is 42.0 Å². The normalized spacial score (nSPS) is 11.1. The lowest BCUT2D eigenvalue weighted by atomic mass is 10.2. The van der Waals surface area contributed by atoms with E-state index in [1.54, 1.807) is 6.20 Å². The minimum absolute atomic E-state index is 0.343. The van der Waals surface area contributed by atoms with Crippen molar-refractivity contribution in [2.45, 2.75) is 6.54 Å². The number of hydrogen-bond acceptors (Lipinski definition) is 4. The molecule has 0 spiro atoms. The standard InChI is InChI=1S/C21H23N5O/c1-26(2)20-13-16(11-12-23-20)15-24-21(22)25-17-7-6-10-19(14-17)27-18-8-4-3-5-9-18/h3-14H,15H2,1-2H3,(H3,22,24,25). The van der Waals surface area contributed by atoms with Crippen LogP contribution in [0.3, 0.4) is 0 Å². The third kappa shape index (κ3) is 5.47. The molecule has 0 radical (unpaired) electrons. The molecule has 138 valence electrons. The Morgan fingerprint density at radius 2 is 1.81 bits per heavy atom. The number of benzene rings is 2. The Bertz CT molecular complexity index is 909. The predicted octanol–water partition coefficient (Wildman–Crippen LogP) is 3.87. The molecule has 6 nitrogen and oxygen atoms in total. The Balaban J connectivity index is 1.63. The van der Waals surface area contributed by atoms with Crippen molar-refractivity contribution in [3.8, 4) is 11.5 Å².